The molecular weight excluding hydrogens is 260 g/mol. The molecule has 20 heavy (non-hydrogen) atoms. The molecule has 3 aliphatic rings. The first-order chi connectivity index (χ1) is 9.27. The molecule has 0 amide bonds. The fourth-order valence-corrected chi connectivity index (χ4v) is 4.26. The minimum absolute atomic E-state index is 0.0458. The quantitative estimate of drug-likeness (QED) is 0.605. The Labute approximate surface area is 118 Å². The summed E-state index contributed by atoms with van der Waals surface area (Å²) in [5.41, 5.74) is -0.256. The van der Waals surface area contributed by atoms with E-state index in [1.807, 2.05) is 6.92 Å². The van der Waals surface area contributed by atoms with Crippen LogP contribution in [0.4, 0.5) is 0 Å². The maximum absolute atomic E-state index is 11.8. The lowest BCUT2D eigenvalue weighted by Gasteiger charge is -2.34. The Morgan fingerprint density at radius 3 is 2.70 bits per heavy atom. The second-order valence-electron chi connectivity index (χ2n) is 7.21. The van der Waals surface area contributed by atoms with Gasteiger partial charge in [0.1, 0.15) is 6.61 Å². The van der Waals surface area contributed by atoms with Crippen LogP contribution in [0.5, 0.6) is 0 Å². The zero-order chi connectivity index (χ0) is 14.7. The normalized spacial score (nSPS) is 47.9. The predicted octanol–water partition coefficient (Wildman–Crippen LogP) is 0.380. The molecule has 0 aromatic heterocycles. The zero-order valence-electron chi connectivity index (χ0n) is 11.9. The van der Waals surface area contributed by atoms with Crippen molar-refractivity contribution in [3.63, 3.8) is 0 Å². The van der Waals surface area contributed by atoms with E-state index in [4.69, 9.17) is 4.74 Å². The molecule has 1 fully saturated rings. The van der Waals surface area contributed by atoms with Crippen LogP contribution < -0.4 is 0 Å². The third-order valence-corrected chi connectivity index (χ3v) is 5.43. The highest BCUT2D eigenvalue weighted by Gasteiger charge is 2.55. The van der Waals surface area contributed by atoms with E-state index in [0.29, 0.717) is 24.0 Å². The van der Waals surface area contributed by atoms with Crippen molar-refractivity contribution in [2.24, 2.45) is 17.3 Å². The minimum atomic E-state index is -1.06. The van der Waals surface area contributed by atoms with Crippen LogP contribution in [0.25, 0.3) is 0 Å². The van der Waals surface area contributed by atoms with E-state index in [1.54, 1.807) is 6.92 Å². The molecule has 0 aromatic carbocycles. The zero-order valence-corrected chi connectivity index (χ0v) is 11.9. The summed E-state index contributed by atoms with van der Waals surface area (Å²) in [5, 5.41) is 31.0. The first kappa shape index (κ1) is 14.0. The minimum Gasteiger partial charge on any atom is -0.458 e. The van der Waals surface area contributed by atoms with E-state index >= 15 is 0 Å². The van der Waals surface area contributed by atoms with Crippen molar-refractivity contribution in [2.75, 3.05) is 13.2 Å². The number of ether oxygens (including phenoxy) is 1. The average molecular weight is 282 g/mol. The van der Waals surface area contributed by atoms with Crippen LogP contribution in [0.2, 0.25) is 0 Å². The molecule has 1 heterocycles. The second kappa shape index (κ2) is 4.29. The molecule has 1 saturated carbocycles. The van der Waals surface area contributed by atoms with E-state index in [9.17, 15) is 20.1 Å². The summed E-state index contributed by atoms with van der Waals surface area (Å²) >= 11 is 0. The molecule has 0 unspecified atom stereocenters. The maximum atomic E-state index is 11.8. The Kier molecular flexibility index (Phi) is 3.01. The molecule has 3 rings (SSSR count). The summed E-state index contributed by atoms with van der Waals surface area (Å²) < 4.78 is 5.01. The van der Waals surface area contributed by atoms with Gasteiger partial charge in [-0.1, -0.05) is 6.92 Å². The van der Waals surface area contributed by atoms with Crippen LogP contribution >= 0.6 is 0 Å². The Morgan fingerprint density at radius 1 is 1.35 bits per heavy atom. The second-order valence-corrected chi connectivity index (χ2v) is 7.21. The van der Waals surface area contributed by atoms with Gasteiger partial charge in [-0.05, 0) is 37.0 Å². The monoisotopic (exact) mass is 282 g/mol. The van der Waals surface area contributed by atoms with Gasteiger partial charge in [-0.15, -0.1) is 0 Å². The number of hydrogen-bond acceptors (Lipinski definition) is 5. The van der Waals surface area contributed by atoms with Crippen molar-refractivity contribution >= 4 is 5.97 Å². The number of rotatable bonds is 1. The number of fused-ring (bicyclic) bond motifs is 1. The van der Waals surface area contributed by atoms with Gasteiger partial charge >= 0.3 is 5.97 Å². The van der Waals surface area contributed by atoms with Gasteiger partial charge in [-0.3, -0.25) is 0 Å². The van der Waals surface area contributed by atoms with Crippen molar-refractivity contribution in [1.82, 2.24) is 0 Å². The SMILES string of the molecule is C[C@@]1(CO)C[C@H]2[C@H](O)C3=C(C[C@](C)(O)[C@H]2C1)C(=O)OC3. The predicted molar refractivity (Wildman–Crippen MR) is 70.6 cm³/mol. The fraction of sp³-hybridized carbons (Fsp3) is 0.800. The average Bonchev–Trinajstić information content (AvgIpc) is 2.90. The van der Waals surface area contributed by atoms with Crippen molar-refractivity contribution < 1.29 is 24.9 Å². The molecule has 5 nitrogen and oxygen atoms in total. The highest BCUT2D eigenvalue weighted by atomic mass is 16.5. The van der Waals surface area contributed by atoms with Crippen LogP contribution in [0.3, 0.4) is 0 Å². The number of carbonyl (C=O) groups is 1. The highest BCUT2D eigenvalue weighted by Crippen LogP contribution is 2.55. The summed E-state index contributed by atoms with van der Waals surface area (Å²) in [5.74, 6) is -0.665. The van der Waals surface area contributed by atoms with E-state index in [0.717, 1.165) is 0 Å². The van der Waals surface area contributed by atoms with E-state index in [1.165, 1.54) is 0 Å². The highest BCUT2D eigenvalue weighted by molar-refractivity contribution is 5.92. The lowest BCUT2D eigenvalue weighted by Crippen LogP contribution is -2.39. The molecule has 0 spiro atoms. The Morgan fingerprint density at radius 2 is 2.05 bits per heavy atom. The molecule has 0 bridgehead atoms. The first-order valence-corrected chi connectivity index (χ1v) is 7.18. The van der Waals surface area contributed by atoms with Crippen LogP contribution in [0, 0.1) is 17.3 Å². The molecule has 2 aliphatic carbocycles. The van der Waals surface area contributed by atoms with Crippen molar-refractivity contribution in [2.45, 2.75) is 44.8 Å². The number of cyclic esters (lactones) is 1. The van der Waals surface area contributed by atoms with Crippen LogP contribution in [-0.4, -0.2) is 46.2 Å². The smallest absolute Gasteiger partial charge is 0.334 e. The molecular formula is C15H22O5. The fourth-order valence-electron chi connectivity index (χ4n) is 4.26. The lowest BCUT2D eigenvalue weighted by atomic mass is 9.78. The molecule has 0 radical (unpaired) electrons. The van der Waals surface area contributed by atoms with E-state index < -0.39 is 17.7 Å². The molecule has 3 N–H and O–H groups in total. The van der Waals surface area contributed by atoms with Crippen LogP contribution in [0.1, 0.15) is 33.1 Å². The van der Waals surface area contributed by atoms with Crippen molar-refractivity contribution in [3.8, 4) is 0 Å². The van der Waals surface area contributed by atoms with Gasteiger partial charge in [0.25, 0.3) is 0 Å². The first-order valence-electron chi connectivity index (χ1n) is 7.18. The molecule has 5 atom stereocenters. The van der Waals surface area contributed by atoms with Crippen molar-refractivity contribution in [3.05, 3.63) is 11.1 Å². The van der Waals surface area contributed by atoms with Gasteiger partial charge in [-0.25, -0.2) is 4.79 Å². The van der Waals surface area contributed by atoms with Crippen molar-refractivity contribution in [1.29, 1.82) is 0 Å². The number of aliphatic hydroxyl groups excluding tert-OH is 2. The van der Waals surface area contributed by atoms with E-state index in [2.05, 4.69) is 0 Å². The Bertz CT molecular complexity index is 481. The Balaban J connectivity index is 2.01. The summed E-state index contributed by atoms with van der Waals surface area (Å²) in [6.45, 7) is 3.88. The van der Waals surface area contributed by atoms with Gasteiger partial charge in [0.15, 0.2) is 0 Å². The van der Waals surface area contributed by atoms with Gasteiger partial charge in [0.05, 0.1) is 11.7 Å². The van der Waals surface area contributed by atoms with Gasteiger partial charge in [-0.2, -0.15) is 0 Å². The maximum Gasteiger partial charge on any atom is 0.334 e. The molecule has 0 aromatic rings. The van der Waals surface area contributed by atoms with E-state index in [-0.39, 0.29) is 36.9 Å². The standard InChI is InChI=1S/C15H22O5/c1-14(7-16)3-9-11(5-14)15(2,19)4-8-10(12(9)17)6-20-13(8)18/h9,11-12,16-17,19H,3-7H2,1-2H3/t9-,11+,12+,14-,15+/m1/s1. The molecule has 1 aliphatic heterocycles. The molecule has 0 saturated heterocycles. The van der Waals surface area contributed by atoms with Gasteiger partial charge in [0.2, 0.25) is 0 Å². The van der Waals surface area contributed by atoms with Gasteiger partial charge in [0, 0.05) is 24.2 Å². The Hall–Kier alpha value is -0.910. The number of esters is 1. The molecule has 5 heteroatoms. The largest absolute Gasteiger partial charge is 0.458 e. The number of hydrogen-bond donors (Lipinski definition) is 3. The summed E-state index contributed by atoms with van der Waals surface area (Å²) in [7, 11) is 0. The topological polar surface area (TPSA) is 87.0 Å². The third kappa shape index (κ3) is 1.91. The molecule has 112 valence electrons. The van der Waals surface area contributed by atoms with Crippen LogP contribution in [-0.2, 0) is 9.53 Å². The lowest BCUT2D eigenvalue weighted by molar-refractivity contribution is -0.137. The third-order valence-electron chi connectivity index (χ3n) is 5.43. The van der Waals surface area contributed by atoms with Gasteiger partial charge < -0.3 is 20.1 Å². The number of aliphatic hydroxyl groups is 3. The summed E-state index contributed by atoms with van der Waals surface area (Å²) in [6, 6.07) is 0. The number of carbonyl (C=O) groups excluding carboxylic acids is 1. The van der Waals surface area contributed by atoms with Crippen LogP contribution in [0.15, 0.2) is 11.1 Å². The summed E-state index contributed by atoms with van der Waals surface area (Å²) in [4.78, 5) is 11.8. The summed E-state index contributed by atoms with van der Waals surface area (Å²) in [6.07, 6.45) is 0.773.